The van der Waals surface area contributed by atoms with E-state index in [1.165, 1.54) is 12.1 Å². The van der Waals surface area contributed by atoms with Crippen molar-refractivity contribution < 1.29 is 27.5 Å². The van der Waals surface area contributed by atoms with Gasteiger partial charge < -0.3 is 9.64 Å². The van der Waals surface area contributed by atoms with Crippen molar-refractivity contribution in [2.45, 2.75) is 50.5 Å². The molecule has 1 aromatic heterocycles. The molecule has 10 nitrogen and oxygen atoms in total. The molecule has 4 amide bonds. The zero-order valence-electron chi connectivity index (χ0n) is 22.4. The van der Waals surface area contributed by atoms with Crippen LogP contribution in [0.4, 0.5) is 14.7 Å². The zero-order valence-corrected chi connectivity index (χ0v) is 24.8. The SMILES string of the molecule is CC(C)(C)OC(=O)N1CCC(CCS(=O)(=O)c2ccc3nc(NC(=O)NC(=O)c4ccccc4Cl)sc3c2)CC1. The lowest BCUT2D eigenvalue weighted by molar-refractivity contribution is 0.0183. The Hall–Kier alpha value is -3.22. The quantitative estimate of drug-likeness (QED) is 0.366. The highest BCUT2D eigenvalue weighted by molar-refractivity contribution is 7.91. The molecule has 2 heterocycles. The summed E-state index contributed by atoms with van der Waals surface area (Å²) in [6, 6.07) is 10.2. The normalized spacial score (nSPS) is 14.7. The molecule has 2 aromatic carbocycles. The third-order valence-electron chi connectivity index (χ3n) is 6.35. The van der Waals surface area contributed by atoms with Crippen LogP contribution >= 0.6 is 22.9 Å². The number of ether oxygens (including phenoxy) is 1. The Bertz CT molecular complexity index is 1530. The summed E-state index contributed by atoms with van der Waals surface area (Å²) in [7, 11) is -3.55. The highest BCUT2D eigenvalue weighted by atomic mass is 35.5. The number of carbonyl (C=O) groups is 3. The predicted molar refractivity (Wildman–Crippen MR) is 155 cm³/mol. The molecule has 214 valence electrons. The van der Waals surface area contributed by atoms with Crippen LogP contribution in [0.3, 0.4) is 0 Å². The number of fused-ring (bicyclic) bond motifs is 1. The van der Waals surface area contributed by atoms with E-state index in [9.17, 15) is 22.8 Å². The zero-order chi connectivity index (χ0) is 29.1. The Balaban J connectivity index is 1.32. The number of likely N-dealkylation sites (tertiary alicyclic amines) is 1. The van der Waals surface area contributed by atoms with Crippen molar-refractivity contribution in [3.8, 4) is 0 Å². The lowest BCUT2D eigenvalue weighted by Crippen LogP contribution is -2.41. The molecule has 1 aliphatic heterocycles. The summed E-state index contributed by atoms with van der Waals surface area (Å²) in [6.45, 7) is 6.56. The van der Waals surface area contributed by atoms with Crippen LogP contribution in [0.5, 0.6) is 0 Å². The minimum Gasteiger partial charge on any atom is -0.444 e. The topological polar surface area (TPSA) is 135 Å². The molecule has 40 heavy (non-hydrogen) atoms. The number of piperidine rings is 1. The van der Waals surface area contributed by atoms with Crippen LogP contribution in [0.15, 0.2) is 47.4 Å². The largest absolute Gasteiger partial charge is 0.444 e. The molecule has 1 fully saturated rings. The first-order valence-corrected chi connectivity index (χ1v) is 15.6. The maximum absolute atomic E-state index is 13.1. The van der Waals surface area contributed by atoms with Gasteiger partial charge in [0.05, 0.1) is 31.5 Å². The molecule has 2 N–H and O–H groups in total. The van der Waals surface area contributed by atoms with Gasteiger partial charge in [-0.1, -0.05) is 35.1 Å². The number of imide groups is 1. The smallest absolute Gasteiger partial charge is 0.410 e. The first-order chi connectivity index (χ1) is 18.8. The van der Waals surface area contributed by atoms with Crippen LogP contribution in [-0.4, -0.2) is 60.8 Å². The number of sulfone groups is 1. The average Bonchev–Trinajstić information content (AvgIpc) is 3.28. The minimum atomic E-state index is -3.55. The number of thiazole rings is 1. The second kappa shape index (κ2) is 12.1. The molecule has 0 aliphatic carbocycles. The highest BCUT2D eigenvalue weighted by Crippen LogP contribution is 2.30. The second-order valence-electron chi connectivity index (χ2n) is 10.6. The predicted octanol–water partition coefficient (Wildman–Crippen LogP) is 5.72. The van der Waals surface area contributed by atoms with E-state index < -0.39 is 27.4 Å². The fourth-order valence-corrected chi connectivity index (χ4v) is 6.91. The molecular weight excluding hydrogens is 576 g/mol. The summed E-state index contributed by atoms with van der Waals surface area (Å²) >= 11 is 7.10. The lowest BCUT2D eigenvalue weighted by atomic mass is 9.95. The molecule has 0 unspecified atom stereocenters. The summed E-state index contributed by atoms with van der Waals surface area (Å²) in [5.74, 6) is -0.469. The maximum Gasteiger partial charge on any atom is 0.410 e. The average molecular weight is 607 g/mol. The number of hydrogen-bond acceptors (Lipinski definition) is 8. The highest BCUT2D eigenvalue weighted by Gasteiger charge is 2.28. The van der Waals surface area contributed by atoms with Crippen molar-refractivity contribution in [1.29, 1.82) is 0 Å². The Morgan fingerprint density at radius 3 is 2.50 bits per heavy atom. The van der Waals surface area contributed by atoms with Gasteiger partial charge in [0.15, 0.2) is 15.0 Å². The van der Waals surface area contributed by atoms with Crippen LogP contribution in [-0.2, 0) is 14.6 Å². The van der Waals surface area contributed by atoms with E-state index in [-0.39, 0.29) is 38.4 Å². The van der Waals surface area contributed by atoms with Gasteiger partial charge in [0, 0.05) is 13.1 Å². The van der Waals surface area contributed by atoms with Crippen molar-refractivity contribution in [1.82, 2.24) is 15.2 Å². The first-order valence-electron chi connectivity index (χ1n) is 12.8. The van der Waals surface area contributed by atoms with Gasteiger partial charge in [-0.25, -0.2) is 23.0 Å². The van der Waals surface area contributed by atoms with E-state index in [4.69, 9.17) is 16.3 Å². The maximum atomic E-state index is 13.1. The number of aromatic nitrogens is 1. The second-order valence-corrected chi connectivity index (χ2v) is 14.1. The molecular formula is C27H31ClN4O6S2. The number of halogens is 1. The molecule has 3 aromatic rings. The van der Waals surface area contributed by atoms with Crippen LogP contribution in [0.1, 0.15) is 50.4 Å². The molecule has 4 rings (SSSR count). The molecule has 1 aliphatic rings. The number of amides is 4. The van der Waals surface area contributed by atoms with Gasteiger partial charge in [0.1, 0.15) is 5.60 Å². The molecule has 13 heteroatoms. The van der Waals surface area contributed by atoms with Crippen molar-refractivity contribution in [3.05, 3.63) is 53.1 Å². The number of hydrogen-bond donors (Lipinski definition) is 2. The van der Waals surface area contributed by atoms with E-state index in [0.29, 0.717) is 29.7 Å². The van der Waals surface area contributed by atoms with Gasteiger partial charge in [0.25, 0.3) is 5.91 Å². The standard InChI is InChI=1S/C27H31ClN4O6S2/c1-27(2,3)38-26(35)32-13-10-17(11-14-32)12-15-40(36,37)18-8-9-21-22(16-18)39-25(29-21)31-24(34)30-23(33)19-6-4-5-7-20(19)28/h4-9,16-17H,10-15H2,1-3H3,(H2,29,30,31,33,34). The monoisotopic (exact) mass is 606 g/mol. The molecule has 0 saturated carbocycles. The molecule has 0 atom stereocenters. The minimum absolute atomic E-state index is 0.00785. The number of carbonyl (C=O) groups excluding carboxylic acids is 3. The van der Waals surface area contributed by atoms with E-state index in [1.807, 2.05) is 20.8 Å². The summed E-state index contributed by atoms with van der Waals surface area (Å²) < 4.78 is 32.2. The number of anilines is 1. The molecule has 0 radical (unpaired) electrons. The number of nitrogens with zero attached hydrogens (tertiary/aromatic N) is 2. The number of rotatable bonds is 6. The number of benzene rings is 2. The summed E-state index contributed by atoms with van der Waals surface area (Å²) in [6.07, 6.45) is 1.60. The van der Waals surface area contributed by atoms with Gasteiger partial charge in [-0.3, -0.25) is 15.4 Å². The Kier molecular flexibility index (Phi) is 9.01. The summed E-state index contributed by atoms with van der Waals surface area (Å²) in [5, 5.41) is 5.14. The van der Waals surface area contributed by atoms with Gasteiger partial charge >= 0.3 is 12.1 Å². The Labute approximate surface area is 242 Å². The van der Waals surface area contributed by atoms with Crippen molar-refractivity contribution in [2.75, 3.05) is 24.2 Å². The Morgan fingerprint density at radius 2 is 1.82 bits per heavy atom. The fourth-order valence-electron chi connectivity index (χ4n) is 4.27. The van der Waals surface area contributed by atoms with Crippen molar-refractivity contribution in [3.63, 3.8) is 0 Å². The summed E-state index contributed by atoms with van der Waals surface area (Å²) in [5.41, 5.74) is 0.124. The van der Waals surface area contributed by atoms with Crippen LogP contribution in [0, 0.1) is 5.92 Å². The van der Waals surface area contributed by atoms with Gasteiger partial charge in [0.2, 0.25) is 0 Å². The third-order valence-corrected chi connectivity index (χ3v) is 9.35. The van der Waals surface area contributed by atoms with E-state index >= 15 is 0 Å². The number of nitrogens with one attached hydrogen (secondary N) is 2. The van der Waals surface area contributed by atoms with Gasteiger partial charge in [-0.15, -0.1) is 0 Å². The third kappa shape index (κ3) is 7.70. The van der Waals surface area contributed by atoms with Crippen molar-refractivity contribution in [2.24, 2.45) is 5.92 Å². The fraction of sp³-hybridized carbons (Fsp3) is 0.407. The van der Waals surface area contributed by atoms with Crippen molar-refractivity contribution >= 4 is 66.2 Å². The van der Waals surface area contributed by atoms with Gasteiger partial charge in [-0.2, -0.15) is 0 Å². The Morgan fingerprint density at radius 1 is 1.12 bits per heavy atom. The van der Waals surface area contributed by atoms with Crippen LogP contribution in [0.25, 0.3) is 10.2 Å². The number of urea groups is 1. The summed E-state index contributed by atoms with van der Waals surface area (Å²) in [4.78, 5) is 43.1. The van der Waals surface area contributed by atoms with E-state index in [1.54, 1.807) is 35.2 Å². The van der Waals surface area contributed by atoms with Crippen LogP contribution in [0.2, 0.25) is 5.02 Å². The first kappa shape index (κ1) is 29.8. The molecule has 1 saturated heterocycles. The lowest BCUT2D eigenvalue weighted by Gasteiger charge is -2.33. The van der Waals surface area contributed by atoms with E-state index in [0.717, 1.165) is 24.2 Å². The molecule has 0 spiro atoms. The van der Waals surface area contributed by atoms with E-state index in [2.05, 4.69) is 15.6 Å². The molecule has 0 bridgehead atoms. The van der Waals surface area contributed by atoms with Crippen LogP contribution < -0.4 is 10.6 Å². The van der Waals surface area contributed by atoms with Gasteiger partial charge in [-0.05, 0) is 76.3 Å².